The molecule has 0 bridgehead atoms. The molecule has 0 aliphatic heterocycles. The van der Waals surface area contributed by atoms with Crippen molar-refractivity contribution in [3.8, 4) is 11.5 Å². The standard InChI is InChI=1S/C29H33N3O5S/c1-6-14-37-27-13-10-24(18-28(27)36-7-2)19-30-31-29(33)20-32(25-16-22(4)15-23(5)17-25)38(34,35)26-11-8-21(3)9-12-26/h6,8-13,15-19H,1,7,14,20H2,2-5H3,(H,31,33). The Bertz CT molecular complexity index is 1400. The van der Waals surface area contributed by atoms with E-state index in [0.29, 0.717) is 36.0 Å². The molecule has 3 aromatic carbocycles. The van der Waals surface area contributed by atoms with E-state index in [4.69, 9.17) is 9.47 Å². The summed E-state index contributed by atoms with van der Waals surface area (Å²) in [6.45, 7) is 11.5. The third kappa shape index (κ3) is 7.45. The molecule has 3 aromatic rings. The van der Waals surface area contributed by atoms with E-state index in [-0.39, 0.29) is 4.90 Å². The summed E-state index contributed by atoms with van der Waals surface area (Å²) in [5.74, 6) is 0.514. The molecular formula is C29H33N3O5S. The molecule has 0 unspecified atom stereocenters. The zero-order valence-electron chi connectivity index (χ0n) is 22.1. The normalized spacial score (nSPS) is 11.3. The number of nitrogens with one attached hydrogen (secondary N) is 1. The van der Waals surface area contributed by atoms with E-state index in [1.807, 2.05) is 33.8 Å². The zero-order valence-corrected chi connectivity index (χ0v) is 22.9. The van der Waals surface area contributed by atoms with Crippen molar-refractivity contribution in [2.45, 2.75) is 32.6 Å². The summed E-state index contributed by atoms with van der Waals surface area (Å²) in [6.07, 6.45) is 3.09. The minimum Gasteiger partial charge on any atom is -0.490 e. The maximum Gasteiger partial charge on any atom is 0.264 e. The molecule has 8 nitrogen and oxygen atoms in total. The number of hydrogen-bond donors (Lipinski definition) is 1. The molecule has 0 heterocycles. The molecule has 0 aromatic heterocycles. The second kappa shape index (κ2) is 12.9. The number of nitrogens with zero attached hydrogens (tertiary/aromatic N) is 2. The van der Waals surface area contributed by atoms with Crippen molar-refractivity contribution in [1.82, 2.24) is 5.43 Å². The number of carbonyl (C=O) groups is 1. The van der Waals surface area contributed by atoms with Crippen LogP contribution in [0, 0.1) is 20.8 Å². The highest BCUT2D eigenvalue weighted by molar-refractivity contribution is 7.92. The summed E-state index contributed by atoms with van der Waals surface area (Å²) in [5, 5.41) is 4.02. The zero-order chi connectivity index (χ0) is 27.7. The van der Waals surface area contributed by atoms with Crippen molar-refractivity contribution in [2.24, 2.45) is 5.10 Å². The van der Waals surface area contributed by atoms with Gasteiger partial charge in [-0.1, -0.05) is 36.4 Å². The van der Waals surface area contributed by atoms with Gasteiger partial charge in [0.25, 0.3) is 15.9 Å². The first kappa shape index (κ1) is 28.5. The number of carbonyl (C=O) groups excluding carboxylic acids is 1. The molecule has 0 spiro atoms. The van der Waals surface area contributed by atoms with Crippen LogP contribution in [0.25, 0.3) is 0 Å². The molecule has 0 radical (unpaired) electrons. The Labute approximate surface area is 224 Å². The van der Waals surface area contributed by atoms with E-state index in [2.05, 4.69) is 17.1 Å². The Kier molecular flexibility index (Phi) is 9.67. The number of sulfonamides is 1. The molecule has 1 amide bonds. The molecule has 200 valence electrons. The van der Waals surface area contributed by atoms with E-state index >= 15 is 0 Å². The van der Waals surface area contributed by atoms with Crippen LogP contribution in [0.2, 0.25) is 0 Å². The van der Waals surface area contributed by atoms with Crippen LogP contribution in [0.5, 0.6) is 11.5 Å². The molecule has 0 saturated carbocycles. The molecule has 38 heavy (non-hydrogen) atoms. The number of benzene rings is 3. The van der Waals surface area contributed by atoms with Gasteiger partial charge in [-0.25, -0.2) is 13.8 Å². The SMILES string of the molecule is C=CCOc1ccc(C=NNC(=O)CN(c2cc(C)cc(C)c2)S(=O)(=O)c2ccc(C)cc2)cc1OCC. The quantitative estimate of drug-likeness (QED) is 0.202. The number of aryl methyl sites for hydroxylation is 3. The van der Waals surface area contributed by atoms with Gasteiger partial charge in [-0.3, -0.25) is 9.10 Å². The Morgan fingerprint density at radius 2 is 1.63 bits per heavy atom. The fraction of sp³-hybridized carbons (Fsp3) is 0.241. The Hall–Kier alpha value is -4.11. The minimum absolute atomic E-state index is 0.0979. The highest BCUT2D eigenvalue weighted by atomic mass is 32.2. The fourth-order valence-corrected chi connectivity index (χ4v) is 5.14. The van der Waals surface area contributed by atoms with Gasteiger partial charge in [0, 0.05) is 0 Å². The number of hydrazone groups is 1. The van der Waals surface area contributed by atoms with E-state index in [9.17, 15) is 13.2 Å². The lowest BCUT2D eigenvalue weighted by Crippen LogP contribution is -2.39. The fourth-order valence-electron chi connectivity index (χ4n) is 3.73. The van der Waals surface area contributed by atoms with Gasteiger partial charge in [0.05, 0.1) is 23.4 Å². The largest absolute Gasteiger partial charge is 0.490 e. The maximum atomic E-state index is 13.6. The van der Waals surface area contributed by atoms with Crippen LogP contribution in [0.3, 0.4) is 0 Å². The first-order valence-electron chi connectivity index (χ1n) is 12.1. The second-order valence-electron chi connectivity index (χ2n) is 8.70. The maximum absolute atomic E-state index is 13.6. The average Bonchev–Trinajstić information content (AvgIpc) is 2.86. The summed E-state index contributed by atoms with van der Waals surface area (Å²) in [4.78, 5) is 13.0. The lowest BCUT2D eigenvalue weighted by Gasteiger charge is -2.24. The molecule has 0 aliphatic rings. The predicted molar refractivity (Wildman–Crippen MR) is 151 cm³/mol. The number of anilines is 1. The van der Waals surface area contributed by atoms with Gasteiger partial charge in [0.2, 0.25) is 0 Å². The van der Waals surface area contributed by atoms with Crippen LogP contribution in [0.4, 0.5) is 5.69 Å². The number of amides is 1. The highest BCUT2D eigenvalue weighted by Crippen LogP contribution is 2.28. The van der Waals surface area contributed by atoms with Crippen LogP contribution < -0.4 is 19.2 Å². The monoisotopic (exact) mass is 535 g/mol. The summed E-state index contributed by atoms with van der Waals surface area (Å²) in [7, 11) is -4.02. The highest BCUT2D eigenvalue weighted by Gasteiger charge is 2.27. The van der Waals surface area contributed by atoms with Gasteiger partial charge in [-0.15, -0.1) is 0 Å². The second-order valence-corrected chi connectivity index (χ2v) is 10.6. The third-order valence-electron chi connectivity index (χ3n) is 5.42. The van der Waals surface area contributed by atoms with E-state index in [0.717, 1.165) is 21.0 Å². The molecule has 1 N–H and O–H groups in total. The lowest BCUT2D eigenvalue weighted by atomic mass is 10.1. The molecule has 0 saturated heterocycles. The smallest absolute Gasteiger partial charge is 0.264 e. The molecule has 3 rings (SSSR count). The first-order valence-corrected chi connectivity index (χ1v) is 13.6. The number of rotatable bonds is 12. The Morgan fingerprint density at radius 3 is 2.26 bits per heavy atom. The van der Waals surface area contributed by atoms with Crippen molar-refractivity contribution in [3.63, 3.8) is 0 Å². The van der Waals surface area contributed by atoms with Crippen molar-refractivity contribution in [2.75, 3.05) is 24.1 Å². The summed E-state index contributed by atoms with van der Waals surface area (Å²) >= 11 is 0. The molecule has 0 fully saturated rings. The van der Waals surface area contributed by atoms with Crippen molar-refractivity contribution < 1.29 is 22.7 Å². The van der Waals surface area contributed by atoms with Gasteiger partial charge in [0.15, 0.2) is 11.5 Å². The van der Waals surface area contributed by atoms with E-state index in [1.54, 1.807) is 48.5 Å². The molecule has 0 atom stereocenters. The summed E-state index contributed by atoms with van der Waals surface area (Å²) in [5.41, 5.74) is 6.20. The number of hydrogen-bond acceptors (Lipinski definition) is 6. The summed E-state index contributed by atoms with van der Waals surface area (Å²) < 4.78 is 39.5. The van der Waals surface area contributed by atoms with Gasteiger partial charge in [-0.2, -0.15) is 5.10 Å². The van der Waals surface area contributed by atoms with Crippen LogP contribution in [-0.2, 0) is 14.8 Å². The summed E-state index contributed by atoms with van der Waals surface area (Å²) in [6, 6.07) is 17.2. The van der Waals surface area contributed by atoms with Crippen LogP contribution >= 0.6 is 0 Å². The van der Waals surface area contributed by atoms with Crippen LogP contribution in [-0.4, -0.2) is 40.3 Å². The number of ether oxygens (including phenoxy) is 2. The molecule has 9 heteroatoms. The van der Waals surface area contributed by atoms with Gasteiger partial charge >= 0.3 is 0 Å². The van der Waals surface area contributed by atoms with Gasteiger partial charge in [-0.05, 0) is 86.8 Å². The topological polar surface area (TPSA) is 97.3 Å². The lowest BCUT2D eigenvalue weighted by molar-refractivity contribution is -0.119. The predicted octanol–water partition coefficient (Wildman–Crippen LogP) is 4.92. The van der Waals surface area contributed by atoms with E-state index < -0.39 is 22.5 Å². The molecule has 0 aliphatic carbocycles. The van der Waals surface area contributed by atoms with E-state index in [1.165, 1.54) is 18.3 Å². The minimum atomic E-state index is -4.02. The van der Waals surface area contributed by atoms with Gasteiger partial charge < -0.3 is 9.47 Å². The average molecular weight is 536 g/mol. The van der Waals surface area contributed by atoms with Crippen molar-refractivity contribution in [3.05, 3.63) is 95.6 Å². The first-order chi connectivity index (χ1) is 18.1. The van der Waals surface area contributed by atoms with Gasteiger partial charge in [0.1, 0.15) is 13.2 Å². The third-order valence-corrected chi connectivity index (χ3v) is 7.21. The Morgan fingerprint density at radius 1 is 0.947 bits per heavy atom. The van der Waals surface area contributed by atoms with Crippen molar-refractivity contribution in [1.29, 1.82) is 0 Å². The van der Waals surface area contributed by atoms with Crippen molar-refractivity contribution >= 4 is 27.8 Å². The Balaban J connectivity index is 1.82. The molecular weight excluding hydrogens is 502 g/mol. The van der Waals surface area contributed by atoms with Crippen LogP contribution in [0.15, 0.2) is 83.3 Å². The van der Waals surface area contributed by atoms with Crippen LogP contribution in [0.1, 0.15) is 29.2 Å².